The summed E-state index contributed by atoms with van der Waals surface area (Å²) in [6.45, 7) is 7.07. The summed E-state index contributed by atoms with van der Waals surface area (Å²) >= 11 is 0. The second-order valence-electron chi connectivity index (χ2n) is 12.7. The van der Waals surface area contributed by atoms with Crippen LogP contribution in [-0.4, -0.2) is 75.6 Å². The monoisotopic (exact) mass is 607 g/mol. The minimum Gasteiger partial charge on any atom is -0.497 e. The molecule has 11 heteroatoms. The molecule has 2 amide bonds. The van der Waals surface area contributed by atoms with Gasteiger partial charge in [0.25, 0.3) is 11.8 Å². The molecule has 1 spiro atoms. The van der Waals surface area contributed by atoms with E-state index in [1.54, 1.807) is 32.7 Å². The number of aromatic nitrogens is 4. The van der Waals surface area contributed by atoms with Crippen LogP contribution in [0.2, 0.25) is 0 Å². The molecule has 0 bridgehead atoms. The fourth-order valence-corrected chi connectivity index (χ4v) is 7.28. The van der Waals surface area contributed by atoms with Crippen LogP contribution >= 0.6 is 0 Å². The zero-order chi connectivity index (χ0) is 31.3. The number of pyridine rings is 2. The lowest BCUT2D eigenvalue weighted by molar-refractivity contribution is 0.0423. The van der Waals surface area contributed by atoms with E-state index in [4.69, 9.17) is 14.5 Å². The minimum absolute atomic E-state index is 0.0218. The number of rotatable bonds is 6. The molecule has 45 heavy (non-hydrogen) atoms. The second-order valence-corrected chi connectivity index (χ2v) is 12.7. The summed E-state index contributed by atoms with van der Waals surface area (Å²) in [7, 11) is 3.24. The Labute approximate surface area is 262 Å². The smallest absolute Gasteiger partial charge is 0.256 e. The van der Waals surface area contributed by atoms with Crippen molar-refractivity contribution in [1.29, 1.82) is 0 Å². The molecule has 3 aromatic heterocycles. The van der Waals surface area contributed by atoms with E-state index in [1.165, 1.54) is 0 Å². The first-order valence-electron chi connectivity index (χ1n) is 15.2. The average molecular weight is 608 g/mol. The Balaban J connectivity index is 1.13. The van der Waals surface area contributed by atoms with Gasteiger partial charge < -0.3 is 24.2 Å². The van der Waals surface area contributed by atoms with Gasteiger partial charge >= 0.3 is 0 Å². The highest BCUT2D eigenvalue weighted by molar-refractivity contribution is 5.99. The number of hydrogen-bond donors (Lipinski definition) is 1. The van der Waals surface area contributed by atoms with Crippen molar-refractivity contribution in [2.24, 2.45) is 0 Å². The van der Waals surface area contributed by atoms with Gasteiger partial charge in [0, 0.05) is 73.4 Å². The summed E-state index contributed by atoms with van der Waals surface area (Å²) in [5.74, 6) is 2.06. The fraction of sp³-hybridized carbons (Fsp3) is 0.382. The zero-order valence-electron chi connectivity index (χ0n) is 26.0. The van der Waals surface area contributed by atoms with Gasteiger partial charge in [-0.2, -0.15) is 5.10 Å². The van der Waals surface area contributed by atoms with Gasteiger partial charge in [0.05, 0.1) is 37.2 Å². The van der Waals surface area contributed by atoms with Crippen LogP contribution in [0.25, 0.3) is 0 Å². The lowest BCUT2D eigenvalue weighted by atomic mass is 9.83. The maximum atomic E-state index is 13.9. The molecule has 0 unspecified atom stereocenters. The molecule has 6 heterocycles. The van der Waals surface area contributed by atoms with Gasteiger partial charge in [-0.3, -0.25) is 19.7 Å². The summed E-state index contributed by atoms with van der Waals surface area (Å²) in [5, 5.41) is 7.33. The van der Waals surface area contributed by atoms with Gasteiger partial charge in [-0.15, -0.1) is 0 Å². The molecular weight excluding hydrogens is 570 g/mol. The molecule has 3 aliphatic rings. The molecule has 232 valence electrons. The second kappa shape index (κ2) is 10.9. The Morgan fingerprint density at radius 1 is 1.00 bits per heavy atom. The van der Waals surface area contributed by atoms with Crippen LogP contribution < -0.4 is 14.4 Å². The molecule has 1 aromatic carbocycles. The number of nitrogens with zero attached hydrogens (tertiary/aromatic N) is 6. The van der Waals surface area contributed by atoms with Gasteiger partial charge in [0.1, 0.15) is 17.3 Å². The van der Waals surface area contributed by atoms with Crippen molar-refractivity contribution in [2.75, 3.05) is 38.8 Å². The Hall–Kier alpha value is -4.93. The Morgan fingerprint density at radius 2 is 1.76 bits per heavy atom. The summed E-state index contributed by atoms with van der Waals surface area (Å²) in [6.07, 6.45) is 6.64. The number of carbonyl (C=O) groups excluding carboxylic acids is 2. The first-order chi connectivity index (χ1) is 21.7. The number of H-pyrrole nitrogens is 1. The van der Waals surface area contributed by atoms with Crippen molar-refractivity contribution in [2.45, 2.75) is 50.7 Å². The summed E-state index contributed by atoms with van der Waals surface area (Å²) in [4.78, 5) is 43.1. The molecule has 11 nitrogen and oxygen atoms in total. The highest BCUT2D eigenvalue weighted by Crippen LogP contribution is 2.47. The lowest BCUT2D eigenvalue weighted by Gasteiger charge is -2.45. The SMILES string of the molecule is COc1cc(CN2C(=O)c3cccnc3C23CCN(c2cc(C(=O)N4Cc5cn[nH]c5C(C)(C)C4)ccn2)CC3)cc(OC)c1. The largest absolute Gasteiger partial charge is 0.497 e. The van der Waals surface area contributed by atoms with Gasteiger partial charge in [-0.25, -0.2) is 4.98 Å². The summed E-state index contributed by atoms with van der Waals surface area (Å²) in [5.41, 5.74) is 4.36. The van der Waals surface area contributed by atoms with E-state index in [-0.39, 0.29) is 17.2 Å². The number of benzene rings is 1. The third kappa shape index (κ3) is 4.86. The molecule has 7 rings (SSSR count). The lowest BCUT2D eigenvalue weighted by Crippen LogP contribution is -2.51. The number of nitrogens with one attached hydrogen (secondary N) is 1. The van der Waals surface area contributed by atoms with E-state index >= 15 is 0 Å². The van der Waals surface area contributed by atoms with Crippen LogP contribution in [0, 0.1) is 0 Å². The Morgan fingerprint density at radius 3 is 2.49 bits per heavy atom. The van der Waals surface area contributed by atoms with Gasteiger partial charge in [0.15, 0.2) is 0 Å². The number of ether oxygens (including phenoxy) is 2. The predicted octanol–water partition coefficient (Wildman–Crippen LogP) is 4.30. The molecule has 4 aromatic rings. The van der Waals surface area contributed by atoms with E-state index in [0.717, 1.165) is 28.3 Å². The minimum atomic E-state index is -0.560. The molecule has 3 aliphatic heterocycles. The summed E-state index contributed by atoms with van der Waals surface area (Å²) < 4.78 is 11.0. The van der Waals surface area contributed by atoms with Crippen LogP contribution in [-0.2, 0) is 24.0 Å². The van der Waals surface area contributed by atoms with Crippen molar-refractivity contribution in [3.8, 4) is 11.5 Å². The number of methoxy groups -OCH3 is 2. The number of carbonyl (C=O) groups is 2. The number of fused-ring (bicyclic) bond motifs is 3. The molecule has 1 fully saturated rings. The van der Waals surface area contributed by atoms with Crippen LogP contribution in [0.4, 0.5) is 5.82 Å². The maximum Gasteiger partial charge on any atom is 0.256 e. The number of hydrogen-bond acceptors (Lipinski definition) is 8. The number of amides is 2. The number of anilines is 1. The molecule has 0 radical (unpaired) electrons. The van der Waals surface area contributed by atoms with Crippen molar-refractivity contribution >= 4 is 17.6 Å². The standard InChI is InChI=1S/C34H37N7O4/c1-33(2)21-40(20-24-18-37-38-29(24)33)31(42)23-7-11-35-28(16-23)39-12-8-34(9-13-39)30-27(6-5-10-36-30)32(43)41(34)19-22-14-25(44-3)17-26(15-22)45-4/h5-7,10-11,14-18H,8-9,12-13,19-21H2,1-4H3,(H,37,38). The van der Waals surface area contributed by atoms with E-state index in [2.05, 4.69) is 33.9 Å². The topological polar surface area (TPSA) is 117 Å². The van der Waals surface area contributed by atoms with Crippen LogP contribution in [0.15, 0.2) is 61.1 Å². The third-order valence-corrected chi connectivity index (χ3v) is 9.53. The Bertz CT molecular complexity index is 1750. The average Bonchev–Trinajstić information content (AvgIpc) is 3.63. The molecule has 1 saturated heterocycles. The quantitative estimate of drug-likeness (QED) is 0.345. The first kappa shape index (κ1) is 28.8. The Kier molecular flexibility index (Phi) is 6.98. The van der Waals surface area contributed by atoms with Crippen molar-refractivity contribution in [3.63, 3.8) is 0 Å². The zero-order valence-corrected chi connectivity index (χ0v) is 26.0. The maximum absolute atomic E-state index is 13.9. The van der Waals surface area contributed by atoms with E-state index in [1.807, 2.05) is 52.4 Å². The predicted molar refractivity (Wildman–Crippen MR) is 167 cm³/mol. The third-order valence-electron chi connectivity index (χ3n) is 9.53. The van der Waals surface area contributed by atoms with Crippen molar-refractivity contribution < 1.29 is 19.1 Å². The molecular formula is C34H37N7O4. The molecule has 0 aliphatic carbocycles. The van der Waals surface area contributed by atoms with Gasteiger partial charge in [-0.05, 0) is 54.8 Å². The van der Waals surface area contributed by atoms with Crippen LogP contribution in [0.1, 0.15) is 69.9 Å². The van der Waals surface area contributed by atoms with E-state index in [9.17, 15) is 9.59 Å². The van der Waals surface area contributed by atoms with Gasteiger partial charge in [-0.1, -0.05) is 13.8 Å². The van der Waals surface area contributed by atoms with E-state index < -0.39 is 5.54 Å². The molecule has 0 atom stereocenters. The summed E-state index contributed by atoms with van der Waals surface area (Å²) in [6, 6.07) is 13.1. The first-order valence-corrected chi connectivity index (χ1v) is 15.2. The van der Waals surface area contributed by atoms with E-state index in [0.29, 0.717) is 68.2 Å². The highest BCUT2D eigenvalue weighted by atomic mass is 16.5. The van der Waals surface area contributed by atoms with Gasteiger partial charge in [0.2, 0.25) is 0 Å². The van der Waals surface area contributed by atoms with Crippen LogP contribution in [0.3, 0.4) is 0 Å². The van der Waals surface area contributed by atoms with Crippen LogP contribution in [0.5, 0.6) is 11.5 Å². The van der Waals surface area contributed by atoms with Crippen molar-refractivity contribution in [3.05, 3.63) is 94.7 Å². The highest BCUT2D eigenvalue weighted by Gasteiger charge is 2.52. The number of aromatic amines is 1. The molecule has 1 N–H and O–H groups in total. The molecule has 0 saturated carbocycles. The fourth-order valence-electron chi connectivity index (χ4n) is 7.28. The number of piperidine rings is 1. The normalized spacial score (nSPS) is 18.1. The van der Waals surface area contributed by atoms with Crippen molar-refractivity contribution in [1.82, 2.24) is 30.0 Å².